The van der Waals surface area contributed by atoms with Crippen LogP contribution in [0.2, 0.25) is 0 Å². The molecule has 0 fully saturated rings. The third kappa shape index (κ3) is 1.99. The van der Waals surface area contributed by atoms with Gasteiger partial charge in [-0.05, 0) is 31.5 Å². The molecule has 1 nitrogen and oxygen atoms in total. The van der Waals surface area contributed by atoms with Gasteiger partial charge in [0, 0.05) is 11.0 Å². The van der Waals surface area contributed by atoms with Gasteiger partial charge in [-0.25, -0.2) is 0 Å². The number of Topliss-reactive ketones (excluding diaryl/α,β-unsaturated/α-hetero) is 1. The molecule has 1 aromatic carbocycles. The van der Waals surface area contributed by atoms with Gasteiger partial charge in [0.2, 0.25) is 0 Å². The van der Waals surface area contributed by atoms with Crippen LogP contribution in [0.1, 0.15) is 35.3 Å². The Labute approximate surface area is 96.9 Å². The summed E-state index contributed by atoms with van der Waals surface area (Å²) in [6.07, 6.45) is -1.16. The zero-order chi connectivity index (χ0) is 12.8. The standard InChI is InChI=1S/C13H11F3O/c1-12(2)6-5-8-7-9(13(14,15)16)3-4-10(8)11(12)17/h3-7H,1-2H3. The molecule has 1 aliphatic rings. The molecule has 4 heteroatoms. The first kappa shape index (κ1) is 11.9. The summed E-state index contributed by atoms with van der Waals surface area (Å²) in [5.74, 6) is -0.149. The Kier molecular flexibility index (Phi) is 2.42. The van der Waals surface area contributed by atoms with Gasteiger partial charge in [-0.1, -0.05) is 18.2 Å². The fraction of sp³-hybridized carbons (Fsp3) is 0.308. The highest BCUT2D eigenvalue weighted by Gasteiger charge is 2.34. The van der Waals surface area contributed by atoms with Crippen molar-refractivity contribution in [3.8, 4) is 0 Å². The van der Waals surface area contributed by atoms with E-state index in [0.29, 0.717) is 11.1 Å². The zero-order valence-corrected chi connectivity index (χ0v) is 9.43. The number of ketones is 1. The third-order valence-electron chi connectivity index (χ3n) is 2.89. The molecule has 2 rings (SSSR count). The van der Waals surface area contributed by atoms with Gasteiger partial charge in [-0.3, -0.25) is 4.79 Å². The van der Waals surface area contributed by atoms with Crippen LogP contribution in [-0.2, 0) is 6.18 Å². The average Bonchev–Trinajstić information content (AvgIpc) is 2.22. The summed E-state index contributed by atoms with van der Waals surface area (Å²) in [6.45, 7) is 3.49. The van der Waals surface area contributed by atoms with E-state index >= 15 is 0 Å². The molecule has 0 aromatic heterocycles. The van der Waals surface area contributed by atoms with Crippen LogP contribution in [-0.4, -0.2) is 5.78 Å². The number of hydrogen-bond donors (Lipinski definition) is 0. The third-order valence-corrected chi connectivity index (χ3v) is 2.89. The fourth-order valence-corrected chi connectivity index (χ4v) is 1.80. The molecule has 90 valence electrons. The van der Waals surface area contributed by atoms with Crippen LogP contribution in [0.3, 0.4) is 0 Å². The second-order valence-corrected chi connectivity index (χ2v) is 4.68. The number of rotatable bonds is 0. The molecule has 0 amide bonds. The van der Waals surface area contributed by atoms with Crippen LogP contribution in [0, 0.1) is 5.41 Å². The summed E-state index contributed by atoms with van der Waals surface area (Å²) in [5.41, 5.74) is -0.685. The van der Waals surface area contributed by atoms with Crippen LogP contribution in [0.4, 0.5) is 13.2 Å². The van der Waals surface area contributed by atoms with Crippen molar-refractivity contribution in [2.24, 2.45) is 5.41 Å². The normalized spacial score (nSPS) is 18.1. The minimum absolute atomic E-state index is 0.149. The number of halogens is 3. The topological polar surface area (TPSA) is 17.1 Å². The maximum absolute atomic E-state index is 12.5. The molecule has 17 heavy (non-hydrogen) atoms. The number of benzene rings is 1. The smallest absolute Gasteiger partial charge is 0.293 e. The first-order chi connectivity index (χ1) is 7.72. The van der Waals surface area contributed by atoms with E-state index in [2.05, 4.69) is 0 Å². The zero-order valence-electron chi connectivity index (χ0n) is 9.43. The second-order valence-electron chi connectivity index (χ2n) is 4.68. The minimum Gasteiger partial charge on any atom is -0.293 e. The van der Waals surface area contributed by atoms with Crippen molar-refractivity contribution in [1.29, 1.82) is 0 Å². The van der Waals surface area contributed by atoms with Crippen molar-refractivity contribution >= 4 is 11.9 Å². The van der Waals surface area contributed by atoms with E-state index in [9.17, 15) is 18.0 Å². The predicted molar refractivity (Wildman–Crippen MR) is 58.6 cm³/mol. The highest BCUT2D eigenvalue weighted by molar-refractivity contribution is 6.06. The first-order valence-electron chi connectivity index (χ1n) is 5.17. The summed E-state index contributed by atoms with van der Waals surface area (Å²) < 4.78 is 37.5. The molecule has 0 heterocycles. The largest absolute Gasteiger partial charge is 0.416 e. The molecule has 1 aliphatic carbocycles. The summed E-state index contributed by atoms with van der Waals surface area (Å²) >= 11 is 0. The van der Waals surface area contributed by atoms with Crippen LogP contribution in [0.25, 0.3) is 6.08 Å². The van der Waals surface area contributed by atoms with Gasteiger partial charge in [0.1, 0.15) is 0 Å². The molecule has 0 radical (unpaired) electrons. The average molecular weight is 240 g/mol. The fourth-order valence-electron chi connectivity index (χ4n) is 1.80. The molecule has 1 aromatic rings. The lowest BCUT2D eigenvalue weighted by molar-refractivity contribution is -0.137. The van der Waals surface area contributed by atoms with E-state index in [4.69, 9.17) is 0 Å². The Morgan fingerprint density at radius 2 is 1.82 bits per heavy atom. The van der Waals surface area contributed by atoms with E-state index in [-0.39, 0.29) is 5.78 Å². The van der Waals surface area contributed by atoms with E-state index in [1.54, 1.807) is 26.0 Å². The molecule has 0 saturated heterocycles. The highest BCUT2D eigenvalue weighted by atomic mass is 19.4. The Morgan fingerprint density at radius 1 is 1.18 bits per heavy atom. The number of allylic oxidation sites excluding steroid dienone is 1. The maximum Gasteiger partial charge on any atom is 0.416 e. The molecular weight excluding hydrogens is 229 g/mol. The predicted octanol–water partition coefficient (Wildman–Crippen LogP) is 3.94. The molecular formula is C13H11F3O. The lowest BCUT2D eigenvalue weighted by Gasteiger charge is -2.24. The summed E-state index contributed by atoms with van der Waals surface area (Å²) in [5, 5.41) is 0. The van der Waals surface area contributed by atoms with Crippen molar-refractivity contribution in [1.82, 2.24) is 0 Å². The van der Waals surface area contributed by atoms with Crippen molar-refractivity contribution in [3.05, 3.63) is 41.0 Å². The van der Waals surface area contributed by atoms with Crippen LogP contribution < -0.4 is 0 Å². The van der Waals surface area contributed by atoms with Crippen LogP contribution in [0.5, 0.6) is 0 Å². The summed E-state index contributed by atoms with van der Waals surface area (Å²) in [4.78, 5) is 12.0. The Bertz CT molecular complexity index is 510. The molecule has 0 unspecified atom stereocenters. The quantitative estimate of drug-likeness (QED) is 0.671. The van der Waals surface area contributed by atoms with Crippen molar-refractivity contribution < 1.29 is 18.0 Å². The van der Waals surface area contributed by atoms with Crippen LogP contribution in [0.15, 0.2) is 24.3 Å². The van der Waals surface area contributed by atoms with E-state index < -0.39 is 17.2 Å². The van der Waals surface area contributed by atoms with E-state index in [1.165, 1.54) is 6.07 Å². The van der Waals surface area contributed by atoms with Crippen molar-refractivity contribution in [2.45, 2.75) is 20.0 Å². The monoisotopic (exact) mass is 240 g/mol. The lowest BCUT2D eigenvalue weighted by atomic mass is 9.78. The number of carbonyl (C=O) groups excluding carboxylic acids is 1. The molecule has 0 N–H and O–H groups in total. The molecule has 0 spiro atoms. The molecule has 0 bridgehead atoms. The van der Waals surface area contributed by atoms with Crippen LogP contribution >= 0.6 is 0 Å². The second kappa shape index (κ2) is 3.45. The van der Waals surface area contributed by atoms with Gasteiger partial charge in [-0.15, -0.1) is 0 Å². The van der Waals surface area contributed by atoms with E-state index in [1.807, 2.05) is 0 Å². The van der Waals surface area contributed by atoms with Crippen molar-refractivity contribution in [3.63, 3.8) is 0 Å². The lowest BCUT2D eigenvalue weighted by Crippen LogP contribution is -2.25. The number of alkyl halides is 3. The maximum atomic E-state index is 12.5. The van der Waals surface area contributed by atoms with Gasteiger partial charge in [0.05, 0.1) is 5.56 Å². The number of hydrogen-bond acceptors (Lipinski definition) is 1. The number of fused-ring (bicyclic) bond motifs is 1. The summed E-state index contributed by atoms with van der Waals surface area (Å²) in [6, 6.07) is 3.22. The SMILES string of the molecule is CC1(C)C=Cc2cc(C(F)(F)F)ccc2C1=O. The van der Waals surface area contributed by atoms with Crippen molar-refractivity contribution in [2.75, 3.05) is 0 Å². The highest BCUT2D eigenvalue weighted by Crippen LogP contribution is 2.36. The number of carbonyl (C=O) groups is 1. The molecule has 0 aliphatic heterocycles. The Hall–Kier alpha value is -1.58. The van der Waals surface area contributed by atoms with Gasteiger partial charge >= 0.3 is 6.18 Å². The summed E-state index contributed by atoms with van der Waals surface area (Å²) in [7, 11) is 0. The van der Waals surface area contributed by atoms with Gasteiger partial charge in [0.15, 0.2) is 5.78 Å². The minimum atomic E-state index is -4.38. The Morgan fingerprint density at radius 3 is 2.41 bits per heavy atom. The van der Waals surface area contributed by atoms with Gasteiger partial charge in [0.25, 0.3) is 0 Å². The molecule has 0 saturated carbocycles. The first-order valence-corrected chi connectivity index (χ1v) is 5.17. The van der Waals surface area contributed by atoms with E-state index in [0.717, 1.165) is 12.1 Å². The van der Waals surface area contributed by atoms with Gasteiger partial charge in [-0.2, -0.15) is 13.2 Å². The Balaban J connectivity index is 2.54. The molecule has 0 atom stereocenters. The van der Waals surface area contributed by atoms with Gasteiger partial charge < -0.3 is 0 Å².